The Balaban J connectivity index is 1.70. The molecule has 2 amide bonds. The van der Waals surface area contributed by atoms with Gasteiger partial charge in [-0.2, -0.15) is 5.26 Å². The number of hydrogen-bond donors (Lipinski definition) is 1. The largest absolute Gasteiger partial charge is 0.321 e. The summed E-state index contributed by atoms with van der Waals surface area (Å²) in [5.41, 5.74) is 1.73. The first-order chi connectivity index (χ1) is 16.0. The number of benzene rings is 3. The number of hydrogen-bond acceptors (Lipinski definition) is 4. The summed E-state index contributed by atoms with van der Waals surface area (Å²) in [4.78, 5) is 27.8. The normalized spacial score (nSPS) is 16.9. The van der Waals surface area contributed by atoms with E-state index in [0.29, 0.717) is 17.8 Å². The summed E-state index contributed by atoms with van der Waals surface area (Å²) in [6.07, 6.45) is 0.337. The van der Waals surface area contributed by atoms with Gasteiger partial charge in [0.05, 0.1) is 5.25 Å². The lowest BCUT2D eigenvalue weighted by Crippen LogP contribution is -2.30. The maximum Gasteiger partial charge on any atom is 0.269 e. The number of nitrogens with zero attached hydrogens (tertiary/aromatic N) is 2. The van der Waals surface area contributed by atoms with Crippen molar-refractivity contribution in [1.82, 2.24) is 0 Å². The lowest BCUT2D eigenvalue weighted by atomic mass is 10.1. The second-order valence-corrected chi connectivity index (χ2v) is 9.31. The average Bonchev–Trinajstić information content (AvgIpc) is 3.13. The summed E-state index contributed by atoms with van der Waals surface area (Å²) >= 11 is 4.51. The first-order valence-electron chi connectivity index (χ1n) is 9.97. The molecule has 1 saturated heterocycles. The fraction of sp³-hybridized carbons (Fsp3) is 0.0800. The molecule has 0 aromatic heterocycles. The molecule has 8 heteroatoms. The molecule has 0 bridgehead atoms. The molecule has 0 radical (unpaired) electrons. The number of para-hydroxylation sites is 1. The van der Waals surface area contributed by atoms with E-state index in [4.69, 9.17) is 0 Å². The van der Waals surface area contributed by atoms with Crippen molar-refractivity contribution in [1.29, 1.82) is 5.26 Å². The highest BCUT2D eigenvalue weighted by Crippen LogP contribution is 2.42. The zero-order valence-corrected chi connectivity index (χ0v) is 19.6. The van der Waals surface area contributed by atoms with Crippen LogP contribution in [0.2, 0.25) is 0 Å². The zero-order chi connectivity index (χ0) is 23.4. The van der Waals surface area contributed by atoms with Gasteiger partial charge in [0.15, 0.2) is 0 Å². The van der Waals surface area contributed by atoms with Crippen molar-refractivity contribution in [3.63, 3.8) is 0 Å². The number of amides is 2. The Morgan fingerprint density at radius 1 is 1.06 bits per heavy atom. The summed E-state index contributed by atoms with van der Waals surface area (Å²) in [6.45, 7) is 0. The Morgan fingerprint density at radius 3 is 2.36 bits per heavy atom. The van der Waals surface area contributed by atoms with Gasteiger partial charge >= 0.3 is 0 Å². The number of nitrogens with one attached hydrogen (secondary N) is 1. The molecule has 3 aromatic rings. The predicted octanol–water partition coefficient (Wildman–Crippen LogP) is 5.65. The van der Waals surface area contributed by atoms with Crippen LogP contribution in [0.4, 0.5) is 15.8 Å². The summed E-state index contributed by atoms with van der Waals surface area (Å²) in [6, 6.07) is 23.8. The van der Waals surface area contributed by atoms with E-state index in [2.05, 4.69) is 21.2 Å². The Bertz CT molecular complexity index is 1260. The Hall–Kier alpha value is -3.41. The molecule has 4 rings (SSSR count). The second kappa shape index (κ2) is 10.0. The molecule has 0 aliphatic carbocycles. The van der Waals surface area contributed by atoms with Crippen LogP contribution in [0.25, 0.3) is 0 Å². The molecular weight excluding hydrogens is 505 g/mol. The van der Waals surface area contributed by atoms with Gasteiger partial charge in [-0.15, -0.1) is 0 Å². The average molecular weight is 522 g/mol. The minimum atomic E-state index is -0.599. The Labute approximate surface area is 203 Å². The van der Waals surface area contributed by atoms with Crippen molar-refractivity contribution >= 4 is 50.9 Å². The van der Waals surface area contributed by atoms with Crippen LogP contribution in [-0.4, -0.2) is 17.1 Å². The number of carbonyl (C=O) groups excluding carboxylic acids is 2. The number of carbonyl (C=O) groups is 2. The minimum Gasteiger partial charge on any atom is -0.321 e. The van der Waals surface area contributed by atoms with Gasteiger partial charge in [-0.05, 0) is 60.5 Å². The number of rotatable bonds is 5. The molecule has 0 unspecified atom stereocenters. The zero-order valence-electron chi connectivity index (χ0n) is 17.2. The standard InChI is InChI=1S/C25H17BrFN3O2S/c26-17-8-12-19(13-9-17)29-23(31)21(15-28)25-30(20-4-2-1-3-5-20)24(32)22(33-25)14-16-6-10-18(27)11-7-16/h1-13,22H,14H2,(H,29,31)/b25-21-/t22-/m0/s1. The van der Waals surface area contributed by atoms with Crippen LogP contribution < -0.4 is 10.2 Å². The lowest BCUT2D eigenvalue weighted by Gasteiger charge is -2.18. The van der Waals surface area contributed by atoms with Crippen LogP contribution in [0.1, 0.15) is 5.56 Å². The van der Waals surface area contributed by atoms with Crippen LogP contribution in [-0.2, 0) is 16.0 Å². The summed E-state index contributed by atoms with van der Waals surface area (Å²) in [7, 11) is 0. The van der Waals surface area contributed by atoms with E-state index in [1.807, 2.05) is 12.1 Å². The molecule has 1 N–H and O–H groups in total. The van der Waals surface area contributed by atoms with Gasteiger partial charge in [0.1, 0.15) is 22.5 Å². The fourth-order valence-electron chi connectivity index (χ4n) is 3.36. The van der Waals surface area contributed by atoms with Crippen molar-refractivity contribution in [3.8, 4) is 6.07 Å². The van der Waals surface area contributed by atoms with Crippen LogP contribution in [0.3, 0.4) is 0 Å². The van der Waals surface area contributed by atoms with Gasteiger partial charge in [-0.3, -0.25) is 14.5 Å². The molecule has 1 heterocycles. The van der Waals surface area contributed by atoms with Crippen molar-refractivity contribution in [3.05, 3.63) is 105 Å². The van der Waals surface area contributed by atoms with Crippen LogP contribution in [0, 0.1) is 17.1 Å². The quantitative estimate of drug-likeness (QED) is 0.347. The molecule has 33 heavy (non-hydrogen) atoms. The van der Waals surface area contributed by atoms with Crippen LogP contribution in [0.5, 0.6) is 0 Å². The van der Waals surface area contributed by atoms with Crippen LogP contribution in [0.15, 0.2) is 93.9 Å². The van der Waals surface area contributed by atoms with E-state index in [1.54, 1.807) is 60.7 Å². The maximum absolute atomic E-state index is 13.4. The van der Waals surface area contributed by atoms with Crippen molar-refractivity contribution in [2.45, 2.75) is 11.7 Å². The highest BCUT2D eigenvalue weighted by molar-refractivity contribution is 9.10. The molecule has 3 aromatic carbocycles. The third-order valence-electron chi connectivity index (χ3n) is 4.96. The summed E-state index contributed by atoms with van der Waals surface area (Å²) < 4.78 is 14.1. The smallest absolute Gasteiger partial charge is 0.269 e. The monoisotopic (exact) mass is 521 g/mol. The summed E-state index contributed by atoms with van der Waals surface area (Å²) in [5.74, 6) is -1.19. The number of anilines is 2. The SMILES string of the molecule is N#C/C(C(=O)Nc1ccc(Br)cc1)=C1/S[C@@H](Cc2ccc(F)cc2)C(=O)N1c1ccccc1. The Kier molecular flexibility index (Phi) is 6.92. The van der Waals surface area contributed by atoms with Gasteiger partial charge in [-0.1, -0.05) is 58.0 Å². The van der Waals surface area contributed by atoms with Gasteiger partial charge in [-0.25, -0.2) is 4.39 Å². The summed E-state index contributed by atoms with van der Waals surface area (Å²) in [5, 5.41) is 12.3. The molecule has 164 valence electrons. The predicted molar refractivity (Wildman–Crippen MR) is 131 cm³/mol. The van der Waals surface area contributed by atoms with E-state index >= 15 is 0 Å². The first-order valence-corrected chi connectivity index (χ1v) is 11.6. The fourth-order valence-corrected chi connectivity index (χ4v) is 4.93. The van der Waals surface area contributed by atoms with E-state index < -0.39 is 11.2 Å². The highest BCUT2D eigenvalue weighted by Gasteiger charge is 2.40. The molecule has 5 nitrogen and oxygen atoms in total. The van der Waals surface area contributed by atoms with Gasteiger partial charge in [0.2, 0.25) is 5.91 Å². The molecule has 1 atom stereocenters. The maximum atomic E-state index is 13.4. The second-order valence-electron chi connectivity index (χ2n) is 7.20. The molecule has 0 saturated carbocycles. The van der Waals surface area contributed by atoms with Crippen molar-refractivity contribution in [2.24, 2.45) is 0 Å². The van der Waals surface area contributed by atoms with Gasteiger partial charge < -0.3 is 5.32 Å². The lowest BCUT2D eigenvalue weighted by molar-refractivity contribution is -0.117. The van der Waals surface area contributed by atoms with E-state index in [9.17, 15) is 19.2 Å². The molecule has 1 fully saturated rings. The topological polar surface area (TPSA) is 73.2 Å². The van der Waals surface area contributed by atoms with Crippen molar-refractivity contribution in [2.75, 3.05) is 10.2 Å². The molecular formula is C25H17BrFN3O2S. The Morgan fingerprint density at radius 2 is 1.73 bits per heavy atom. The number of thioether (sulfide) groups is 1. The number of nitriles is 1. The van der Waals surface area contributed by atoms with Crippen molar-refractivity contribution < 1.29 is 14.0 Å². The molecule has 1 aliphatic heterocycles. The third kappa shape index (κ3) is 5.16. The minimum absolute atomic E-state index is 0.151. The third-order valence-corrected chi connectivity index (χ3v) is 6.75. The van der Waals surface area contributed by atoms with Gasteiger partial charge in [0.25, 0.3) is 5.91 Å². The van der Waals surface area contributed by atoms with Crippen LogP contribution >= 0.6 is 27.7 Å². The van der Waals surface area contributed by atoms with E-state index in [0.717, 1.165) is 10.0 Å². The molecule has 0 spiro atoms. The number of halogens is 2. The molecule has 1 aliphatic rings. The first kappa shape index (κ1) is 22.8. The van der Waals surface area contributed by atoms with E-state index in [1.165, 1.54) is 28.8 Å². The van der Waals surface area contributed by atoms with Gasteiger partial charge in [0, 0.05) is 15.8 Å². The van der Waals surface area contributed by atoms with E-state index in [-0.39, 0.29) is 22.3 Å². The highest BCUT2D eigenvalue weighted by atomic mass is 79.9.